The SMILES string of the molecule is CCCCCCCCCC(=O)NC(C)(C)CN. The molecule has 0 aliphatic rings. The predicted molar refractivity (Wildman–Crippen MR) is 73.9 cm³/mol. The molecule has 1 amide bonds. The van der Waals surface area contributed by atoms with Crippen LogP contribution in [0.3, 0.4) is 0 Å². The molecule has 0 spiro atoms. The summed E-state index contributed by atoms with van der Waals surface area (Å²) in [7, 11) is 0. The Morgan fingerprint density at radius 2 is 1.59 bits per heavy atom. The Morgan fingerprint density at radius 1 is 1.06 bits per heavy atom. The van der Waals surface area contributed by atoms with Gasteiger partial charge in [0.1, 0.15) is 0 Å². The Bertz CT molecular complexity index is 202. The second kappa shape index (κ2) is 9.46. The summed E-state index contributed by atoms with van der Waals surface area (Å²) in [5.74, 6) is 0.133. The number of rotatable bonds is 10. The Balaban J connectivity index is 3.40. The van der Waals surface area contributed by atoms with E-state index in [9.17, 15) is 4.79 Å². The molecule has 0 aromatic carbocycles. The molecule has 0 fully saturated rings. The maximum atomic E-state index is 11.6. The van der Waals surface area contributed by atoms with Crippen molar-refractivity contribution < 1.29 is 4.79 Å². The minimum atomic E-state index is -0.266. The van der Waals surface area contributed by atoms with Crippen molar-refractivity contribution in [2.24, 2.45) is 5.73 Å². The van der Waals surface area contributed by atoms with Gasteiger partial charge in [0, 0.05) is 18.5 Å². The van der Waals surface area contributed by atoms with Gasteiger partial charge in [0.25, 0.3) is 0 Å². The van der Waals surface area contributed by atoms with Crippen LogP contribution in [0.15, 0.2) is 0 Å². The molecule has 3 nitrogen and oxygen atoms in total. The highest BCUT2D eigenvalue weighted by molar-refractivity contribution is 5.76. The molecule has 0 rings (SSSR count). The number of carbonyl (C=O) groups is 1. The number of hydrogen-bond acceptors (Lipinski definition) is 2. The maximum Gasteiger partial charge on any atom is 0.220 e. The van der Waals surface area contributed by atoms with E-state index in [2.05, 4.69) is 12.2 Å². The highest BCUT2D eigenvalue weighted by Crippen LogP contribution is 2.09. The largest absolute Gasteiger partial charge is 0.350 e. The van der Waals surface area contributed by atoms with Gasteiger partial charge in [-0.15, -0.1) is 0 Å². The van der Waals surface area contributed by atoms with Crippen LogP contribution in [0.4, 0.5) is 0 Å². The summed E-state index contributed by atoms with van der Waals surface area (Å²) < 4.78 is 0. The van der Waals surface area contributed by atoms with Crippen molar-refractivity contribution in [1.29, 1.82) is 0 Å². The molecule has 0 heterocycles. The topological polar surface area (TPSA) is 55.1 Å². The minimum Gasteiger partial charge on any atom is -0.350 e. The lowest BCUT2D eigenvalue weighted by molar-refractivity contribution is -0.122. The van der Waals surface area contributed by atoms with Crippen LogP contribution in [0.25, 0.3) is 0 Å². The number of hydrogen-bond donors (Lipinski definition) is 2. The van der Waals surface area contributed by atoms with Crippen LogP contribution in [0.2, 0.25) is 0 Å². The lowest BCUT2D eigenvalue weighted by Crippen LogP contribution is -2.48. The lowest BCUT2D eigenvalue weighted by atomic mass is 10.0. The number of unbranched alkanes of at least 4 members (excludes halogenated alkanes) is 6. The number of amides is 1. The van der Waals surface area contributed by atoms with Gasteiger partial charge in [-0.3, -0.25) is 4.79 Å². The Labute approximate surface area is 107 Å². The van der Waals surface area contributed by atoms with E-state index in [1.165, 1.54) is 38.5 Å². The first-order chi connectivity index (χ1) is 8.02. The second-order valence-corrected chi connectivity index (χ2v) is 5.51. The molecule has 0 bridgehead atoms. The zero-order chi connectivity index (χ0) is 13.1. The summed E-state index contributed by atoms with van der Waals surface area (Å²) in [6.45, 7) is 6.62. The van der Waals surface area contributed by atoms with Crippen molar-refractivity contribution in [2.45, 2.75) is 77.7 Å². The van der Waals surface area contributed by atoms with Crippen molar-refractivity contribution >= 4 is 5.91 Å². The fourth-order valence-electron chi connectivity index (χ4n) is 1.73. The third-order valence-corrected chi connectivity index (χ3v) is 3.00. The van der Waals surface area contributed by atoms with E-state index in [4.69, 9.17) is 5.73 Å². The standard InChI is InChI=1S/C14H30N2O/c1-4-5-6-7-8-9-10-11-13(17)16-14(2,3)12-15/h4-12,15H2,1-3H3,(H,16,17). The van der Waals surface area contributed by atoms with Crippen molar-refractivity contribution in [2.75, 3.05) is 6.54 Å². The molecule has 102 valence electrons. The number of carbonyl (C=O) groups excluding carboxylic acids is 1. The van der Waals surface area contributed by atoms with Crippen molar-refractivity contribution in [3.63, 3.8) is 0 Å². The van der Waals surface area contributed by atoms with E-state index in [0.717, 1.165) is 6.42 Å². The number of nitrogens with one attached hydrogen (secondary N) is 1. The fourth-order valence-corrected chi connectivity index (χ4v) is 1.73. The van der Waals surface area contributed by atoms with Gasteiger partial charge < -0.3 is 11.1 Å². The van der Waals surface area contributed by atoms with Crippen LogP contribution in [0.5, 0.6) is 0 Å². The summed E-state index contributed by atoms with van der Waals surface area (Å²) in [5, 5.41) is 2.95. The summed E-state index contributed by atoms with van der Waals surface area (Å²) in [4.78, 5) is 11.6. The Morgan fingerprint density at radius 3 is 2.12 bits per heavy atom. The van der Waals surface area contributed by atoms with E-state index in [0.29, 0.717) is 13.0 Å². The average molecular weight is 242 g/mol. The van der Waals surface area contributed by atoms with Gasteiger partial charge in [-0.2, -0.15) is 0 Å². The van der Waals surface area contributed by atoms with Crippen molar-refractivity contribution in [3.05, 3.63) is 0 Å². The molecule has 0 atom stereocenters. The van der Waals surface area contributed by atoms with E-state index >= 15 is 0 Å². The van der Waals surface area contributed by atoms with Gasteiger partial charge >= 0.3 is 0 Å². The zero-order valence-electron chi connectivity index (χ0n) is 11.8. The normalized spacial score (nSPS) is 11.5. The molecule has 0 saturated carbocycles. The summed E-state index contributed by atoms with van der Waals surface area (Å²) in [6.07, 6.45) is 9.33. The summed E-state index contributed by atoms with van der Waals surface area (Å²) >= 11 is 0. The first kappa shape index (κ1) is 16.4. The quantitative estimate of drug-likeness (QED) is 0.579. The van der Waals surface area contributed by atoms with Gasteiger partial charge in [0.2, 0.25) is 5.91 Å². The van der Waals surface area contributed by atoms with Crippen LogP contribution in [0, 0.1) is 0 Å². The highest BCUT2D eigenvalue weighted by atomic mass is 16.1. The molecular weight excluding hydrogens is 212 g/mol. The first-order valence-corrected chi connectivity index (χ1v) is 7.03. The maximum absolute atomic E-state index is 11.6. The van der Waals surface area contributed by atoms with Crippen LogP contribution in [-0.2, 0) is 4.79 Å². The van der Waals surface area contributed by atoms with Crippen LogP contribution >= 0.6 is 0 Å². The van der Waals surface area contributed by atoms with Crippen LogP contribution < -0.4 is 11.1 Å². The van der Waals surface area contributed by atoms with Gasteiger partial charge in [-0.05, 0) is 20.3 Å². The number of nitrogens with two attached hydrogens (primary N) is 1. The van der Waals surface area contributed by atoms with Gasteiger partial charge in [0.15, 0.2) is 0 Å². The lowest BCUT2D eigenvalue weighted by Gasteiger charge is -2.24. The van der Waals surface area contributed by atoms with Crippen molar-refractivity contribution in [3.8, 4) is 0 Å². The van der Waals surface area contributed by atoms with Crippen molar-refractivity contribution in [1.82, 2.24) is 5.32 Å². The molecule has 0 radical (unpaired) electrons. The average Bonchev–Trinajstić information content (AvgIpc) is 2.27. The highest BCUT2D eigenvalue weighted by Gasteiger charge is 2.17. The second-order valence-electron chi connectivity index (χ2n) is 5.51. The molecule has 0 saturated heterocycles. The van der Waals surface area contributed by atoms with Crippen LogP contribution in [0.1, 0.15) is 72.1 Å². The molecule has 0 unspecified atom stereocenters. The van der Waals surface area contributed by atoms with Gasteiger partial charge in [-0.1, -0.05) is 45.4 Å². The zero-order valence-corrected chi connectivity index (χ0v) is 11.8. The van der Waals surface area contributed by atoms with Crippen LogP contribution in [-0.4, -0.2) is 18.0 Å². The Kier molecular flexibility index (Phi) is 9.14. The molecule has 0 aromatic heterocycles. The molecular formula is C14H30N2O. The monoisotopic (exact) mass is 242 g/mol. The first-order valence-electron chi connectivity index (χ1n) is 7.03. The Hall–Kier alpha value is -0.570. The molecule has 0 aliphatic heterocycles. The molecule has 3 N–H and O–H groups in total. The predicted octanol–water partition coefficient (Wildman–Crippen LogP) is 2.98. The van der Waals surface area contributed by atoms with Gasteiger partial charge in [0.05, 0.1) is 0 Å². The third kappa shape index (κ3) is 10.3. The molecule has 0 aliphatic carbocycles. The smallest absolute Gasteiger partial charge is 0.220 e. The minimum absolute atomic E-state index is 0.133. The van der Waals surface area contributed by atoms with E-state index in [1.54, 1.807) is 0 Å². The molecule has 0 aromatic rings. The van der Waals surface area contributed by atoms with E-state index in [1.807, 2.05) is 13.8 Å². The molecule has 17 heavy (non-hydrogen) atoms. The third-order valence-electron chi connectivity index (χ3n) is 3.00. The van der Waals surface area contributed by atoms with E-state index in [-0.39, 0.29) is 11.4 Å². The summed E-state index contributed by atoms with van der Waals surface area (Å²) in [5.41, 5.74) is 5.30. The van der Waals surface area contributed by atoms with E-state index < -0.39 is 0 Å². The fraction of sp³-hybridized carbons (Fsp3) is 0.929. The van der Waals surface area contributed by atoms with Gasteiger partial charge in [-0.25, -0.2) is 0 Å². The summed E-state index contributed by atoms with van der Waals surface area (Å²) in [6, 6.07) is 0. The molecule has 3 heteroatoms.